The molecule has 0 heterocycles. The summed E-state index contributed by atoms with van der Waals surface area (Å²) in [4.78, 5) is 22.8. The summed E-state index contributed by atoms with van der Waals surface area (Å²) in [5.74, 6) is -3.53. The Bertz CT molecular complexity index is 699. The molecule has 136 valence electrons. The second kappa shape index (κ2) is 7.09. The molecule has 1 aliphatic rings. The molecule has 25 heavy (non-hydrogen) atoms. The van der Waals surface area contributed by atoms with E-state index < -0.39 is 48.7 Å². The van der Waals surface area contributed by atoms with Crippen molar-refractivity contribution in [1.29, 1.82) is 0 Å². The standard InChI is InChI=1S/C16H18O9/c17-9-3-1-8(5-10(9)18)2-4-13(20)25-12-7-16(24,15(22)23)6-11(19)14(12)21/h1-5,11-12,14,17-19,21,24H,6-7H2,(H,22,23)/p-1/b4-2+/t11-,12+,14+,16+/m0/s1. The maximum absolute atomic E-state index is 11.8. The van der Waals surface area contributed by atoms with Gasteiger partial charge in [0.25, 0.3) is 0 Å². The Hall–Kier alpha value is -2.62. The Labute approximate surface area is 142 Å². The van der Waals surface area contributed by atoms with Gasteiger partial charge in [-0.3, -0.25) is 0 Å². The molecule has 1 aromatic carbocycles. The fourth-order valence-electron chi connectivity index (χ4n) is 2.53. The summed E-state index contributed by atoms with van der Waals surface area (Å²) in [5, 5.41) is 58.9. The van der Waals surface area contributed by atoms with Crippen LogP contribution in [-0.2, 0) is 14.3 Å². The number of carbonyl (C=O) groups is 2. The van der Waals surface area contributed by atoms with E-state index in [0.717, 1.165) is 6.08 Å². The first kappa shape index (κ1) is 18.7. The third kappa shape index (κ3) is 4.27. The molecule has 5 N–H and O–H groups in total. The molecule has 4 atom stereocenters. The van der Waals surface area contributed by atoms with Gasteiger partial charge in [-0.25, -0.2) is 4.79 Å². The van der Waals surface area contributed by atoms with E-state index in [1.807, 2.05) is 0 Å². The minimum atomic E-state index is -2.42. The second-order valence-corrected chi connectivity index (χ2v) is 5.84. The van der Waals surface area contributed by atoms with E-state index in [9.17, 15) is 40.2 Å². The topological polar surface area (TPSA) is 168 Å². The van der Waals surface area contributed by atoms with E-state index in [0.29, 0.717) is 5.56 Å². The van der Waals surface area contributed by atoms with Crippen molar-refractivity contribution in [2.45, 2.75) is 36.8 Å². The molecule has 0 aliphatic heterocycles. The largest absolute Gasteiger partial charge is 0.547 e. The van der Waals surface area contributed by atoms with Crippen LogP contribution in [0.2, 0.25) is 0 Å². The van der Waals surface area contributed by atoms with Crippen LogP contribution in [0.3, 0.4) is 0 Å². The van der Waals surface area contributed by atoms with Crippen molar-refractivity contribution in [3.05, 3.63) is 29.8 Å². The summed E-state index contributed by atoms with van der Waals surface area (Å²) in [6.07, 6.45) is -3.70. The van der Waals surface area contributed by atoms with Crippen LogP contribution in [0, 0.1) is 0 Å². The third-order valence-electron chi connectivity index (χ3n) is 3.92. The number of carbonyl (C=O) groups excluding carboxylic acids is 2. The first-order valence-corrected chi connectivity index (χ1v) is 7.33. The molecule has 0 spiro atoms. The maximum atomic E-state index is 11.8. The molecule has 0 unspecified atom stereocenters. The molecule has 2 rings (SSSR count). The zero-order valence-corrected chi connectivity index (χ0v) is 12.9. The number of aliphatic hydroxyl groups is 3. The number of aliphatic carboxylic acids is 1. The summed E-state index contributed by atoms with van der Waals surface area (Å²) in [6, 6.07) is 3.81. The highest BCUT2D eigenvalue weighted by Crippen LogP contribution is 2.31. The van der Waals surface area contributed by atoms with Crippen molar-refractivity contribution in [2.75, 3.05) is 0 Å². The van der Waals surface area contributed by atoms with Gasteiger partial charge in [0.05, 0.1) is 12.1 Å². The molecule has 0 bridgehead atoms. The highest BCUT2D eigenvalue weighted by Gasteiger charge is 2.46. The molecule has 0 saturated heterocycles. The molecule has 1 fully saturated rings. The van der Waals surface area contributed by atoms with Gasteiger partial charge in [-0.05, 0) is 23.8 Å². The predicted octanol–water partition coefficient (Wildman–Crippen LogP) is -1.98. The number of carboxylic acid groups (broad SMARTS) is 1. The minimum Gasteiger partial charge on any atom is -0.547 e. The number of ether oxygens (including phenoxy) is 1. The van der Waals surface area contributed by atoms with Crippen molar-refractivity contribution >= 4 is 18.0 Å². The number of phenolic OH excluding ortho intramolecular Hbond substituents is 2. The van der Waals surface area contributed by atoms with E-state index in [-0.39, 0.29) is 11.5 Å². The Kier molecular flexibility index (Phi) is 5.31. The van der Waals surface area contributed by atoms with Crippen LogP contribution >= 0.6 is 0 Å². The number of benzene rings is 1. The van der Waals surface area contributed by atoms with Crippen LogP contribution in [-0.4, -0.2) is 61.4 Å². The Morgan fingerprint density at radius 1 is 1.20 bits per heavy atom. The molecular weight excluding hydrogens is 336 g/mol. The zero-order valence-electron chi connectivity index (χ0n) is 12.9. The Balaban J connectivity index is 2.06. The number of carboxylic acids is 1. The van der Waals surface area contributed by atoms with Gasteiger partial charge in [-0.15, -0.1) is 0 Å². The van der Waals surface area contributed by atoms with Gasteiger partial charge in [0.1, 0.15) is 17.8 Å². The number of hydrogen-bond acceptors (Lipinski definition) is 9. The molecule has 0 aromatic heterocycles. The van der Waals surface area contributed by atoms with E-state index in [4.69, 9.17) is 4.74 Å². The van der Waals surface area contributed by atoms with Crippen LogP contribution < -0.4 is 5.11 Å². The van der Waals surface area contributed by atoms with Crippen LogP contribution in [0.15, 0.2) is 24.3 Å². The molecule has 9 nitrogen and oxygen atoms in total. The average Bonchev–Trinajstić information content (AvgIpc) is 2.53. The first-order valence-electron chi connectivity index (χ1n) is 7.33. The van der Waals surface area contributed by atoms with Gasteiger partial charge >= 0.3 is 5.97 Å². The lowest BCUT2D eigenvalue weighted by atomic mass is 9.79. The summed E-state index contributed by atoms with van der Waals surface area (Å²) in [7, 11) is 0. The highest BCUT2D eigenvalue weighted by atomic mass is 16.6. The zero-order chi connectivity index (χ0) is 18.8. The van der Waals surface area contributed by atoms with Crippen molar-refractivity contribution in [3.8, 4) is 11.5 Å². The lowest BCUT2D eigenvalue weighted by molar-refractivity contribution is -0.331. The van der Waals surface area contributed by atoms with Crippen LogP contribution in [0.1, 0.15) is 18.4 Å². The normalized spacial score (nSPS) is 29.5. The van der Waals surface area contributed by atoms with Crippen molar-refractivity contribution < 1.29 is 45.0 Å². The summed E-state index contributed by atoms with van der Waals surface area (Å²) < 4.78 is 4.90. The number of rotatable bonds is 4. The van der Waals surface area contributed by atoms with Crippen LogP contribution in [0.4, 0.5) is 0 Å². The van der Waals surface area contributed by atoms with Crippen LogP contribution in [0.5, 0.6) is 11.5 Å². The van der Waals surface area contributed by atoms with Crippen LogP contribution in [0.25, 0.3) is 6.08 Å². The molecular formula is C16H17O9-. The average molecular weight is 353 g/mol. The van der Waals surface area contributed by atoms with E-state index in [1.54, 1.807) is 0 Å². The molecule has 0 amide bonds. The fourth-order valence-corrected chi connectivity index (χ4v) is 2.53. The van der Waals surface area contributed by atoms with Crippen molar-refractivity contribution in [1.82, 2.24) is 0 Å². The molecule has 9 heteroatoms. The van der Waals surface area contributed by atoms with Crippen molar-refractivity contribution in [2.24, 2.45) is 0 Å². The van der Waals surface area contributed by atoms with Gasteiger partial charge in [0, 0.05) is 18.9 Å². The summed E-state index contributed by atoms with van der Waals surface area (Å²) >= 11 is 0. The Morgan fingerprint density at radius 2 is 1.88 bits per heavy atom. The van der Waals surface area contributed by atoms with Gasteiger partial charge in [0.15, 0.2) is 11.5 Å². The molecule has 1 aliphatic carbocycles. The van der Waals surface area contributed by atoms with E-state index in [2.05, 4.69) is 0 Å². The maximum Gasteiger partial charge on any atom is 0.331 e. The quantitative estimate of drug-likeness (QED) is 0.234. The third-order valence-corrected chi connectivity index (χ3v) is 3.92. The second-order valence-electron chi connectivity index (χ2n) is 5.84. The van der Waals surface area contributed by atoms with Gasteiger partial charge < -0.3 is 40.2 Å². The number of aliphatic hydroxyl groups excluding tert-OH is 2. The van der Waals surface area contributed by atoms with Crippen molar-refractivity contribution in [3.63, 3.8) is 0 Å². The number of aromatic hydroxyl groups is 2. The lowest BCUT2D eigenvalue weighted by Crippen LogP contribution is -2.60. The molecule has 1 aromatic rings. The predicted molar refractivity (Wildman–Crippen MR) is 79.9 cm³/mol. The minimum absolute atomic E-state index is 0.333. The lowest BCUT2D eigenvalue weighted by Gasteiger charge is -2.41. The summed E-state index contributed by atoms with van der Waals surface area (Å²) in [5.41, 5.74) is -2.06. The number of esters is 1. The first-order chi connectivity index (χ1) is 11.6. The van der Waals surface area contributed by atoms with E-state index >= 15 is 0 Å². The SMILES string of the molecule is O=C(/C=C/c1ccc(O)c(O)c1)O[C@@H]1C[C@@](O)(C(=O)[O-])C[C@H](O)[C@H]1O. The van der Waals surface area contributed by atoms with Gasteiger partial charge in [-0.2, -0.15) is 0 Å². The van der Waals surface area contributed by atoms with Gasteiger partial charge in [-0.1, -0.05) is 6.07 Å². The smallest absolute Gasteiger partial charge is 0.331 e. The fraction of sp³-hybridized carbons (Fsp3) is 0.375. The van der Waals surface area contributed by atoms with E-state index in [1.165, 1.54) is 24.3 Å². The summed E-state index contributed by atoms with van der Waals surface area (Å²) in [6.45, 7) is 0. The molecule has 0 radical (unpaired) electrons. The molecule has 1 saturated carbocycles. The monoisotopic (exact) mass is 353 g/mol. The number of hydrogen-bond donors (Lipinski definition) is 5. The highest BCUT2D eigenvalue weighted by molar-refractivity contribution is 5.87. The number of phenols is 2. The Morgan fingerprint density at radius 3 is 2.48 bits per heavy atom. The van der Waals surface area contributed by atoms with Gasteiger partial charge in [0.2, 0.25) is 0 Å².